The van der Waals surface area contributed by atoms with Gasteiger partial charge in [0.15, 0.2) is 9.84 Å². The van der Waals surface area contributed by atoms with E-state index in [9.17, 15) is 18.8 Å². The summed E-state index contributed by atoms with van der Waals surface area (Å²) in [5, 5.41) is 20.5. The topological polar surface area (TPSA) is 78.2 Å². The highest BCUT2D eigenvalue weighted by molar-refractivity contribution is 7.91. The Morgan fingerprint density at radius 3 is 2.53 bits per heavy atom. The van der Waals surface area contributed by atoms with Crippen LogP contribution in [0.3, 0.4) is 0 Å². The molecule has 3 unspecified atom stereocenters. The minimum absolute atomic E-state index is 0.0369. The van der Waals surface area contributed by atoms with Gasteiger partial charge in [-0.3, -0.25) is 0 Å². The van der Waals surface area contributed by atoms with Gasteiger partial charge in [0.2, 0.25) is 0 Å². The van der Waals surface area contributed by atoms with Crippen LogP contribution in [0.2, 0.25) is 0 Å². The molecule has 0 spiro atoms. The van der Waals surface area contributed by atoms with Gasteiger partial charge in [0.25, 0.3) is 0 Å². The summed E-state index contributed by atoms with van der Waals surface area (Å²) in [7, 11) is -3.17. The lowest BCUT2D eigenvalue weighted by Gasteiger charge is -2.46. The summed E-state index contributed by atoms with van der Waals surface area (Å²) in [5.41, 5.74) is -2.21. The van der Waals surface area contributed by atoms with E-state index in [2.05, 4.69) is 19.9 Å². The first-order chi connectivity index (χ1) is 8.74. The van der Waals surface area contributed by atoms with Crippen LogP contribution in [0.15, 0.2) is 0 Å². The predicted octanol–water partition coefficient (Wildman–Crippen LogP) is 1.89. The number of aliphatic hydroxyl groups is 1. The predicted molar refractivity (Wildman–Crippen MR) is 73.1 cm³/mol. The number of nitriles is 1. The van der Waals surface area contributed by atoms with Crippen molar-refractivity contribution >= 4 is 9.84 Å². The zero-order valence-electron chi connectivity index (χ0n) is 11.7. The van der Waals surface area contributed by atoms with E-state index in [-0.39, 0.29) is 17.9 Å². The van der Waals surface area contributed by atoms with E-state index in [4.69, 9.17) is 0 Å². The van der Waals surface area contributed by atoms with Crippen LogP contribution in [0.25, 0.3) is 0 Å². The maximum Gasteiger partial charge on any atom is 0.152 e. The van der Waals surface area contributed by atoms with Crippen molar-refractivity contribution in [2.24, 2.45) is 17.3 Å². The number of hydrogen-bond acceptors (Lipinski definition) is 4. The lowest BCUT2D eigenvalue weighted by molar-refractivity contribution is -0.0919. The molecule has 2 aliphatic rings. The molecule has 19 heavy (non-hydrogen) atoms. The first kappa shape index (κ1) is 14.8. The van der Waals surface area contributed by atoms with Crippen LogP contribution >= 0.6 is 0 Å². The van der Waals surface area contributed by atoms with Crippen LogP contribution in [-0.4, -0.2) is 30.6 Å². The second-order valence-electron chi connectivity index (χ2n) is 6.67. The molecule has 0 aromatic heterocycles. The van der Waals surface area contributed by atoms with Gasteiger partial charge >= 0.3 is 0 Å². The molecule has 5 heteroatoms. The monoisotopic (exact) mass is 285 g/mol. The zero-order valence-corrected chi connectivity index (χ0v) is 12.5. The zero-order chi connectivity index (χ0) is 14.3. The number of hydrogen-bond donors (Lipinski definition) is 1. The van der Waals surface area contributed by atoms with Gasteiger partial charge in [-0.05, 0) is 37.5 Å². The normalized spacial score (nSPS) is 42.2. The Morgan fingerprint density at radius 2 is 2.05 bits per heavy atom. The lowest BCUT2D eigenvalue weighted by Crippen LogP contribution is -2.52. The summed E-state index contributed by atoms with van der Waals surface area (Å²) in [6, 6.07) is 2.17. The van der Waals surface area contributed by atoms with E-state index in [0.717, 1.165) is 12.8 Å². The summed E-state index contributed by atoms with van der Waals surface area (Å²) < 4.78 is 23.5. The number of sulfone groups is 1. The van der Waals surface area contributed by atoms with E-state index >= 15 is 0 Å². The van der Waals surface area contributed by atoms with E-state index in [0.29, 0.717) is 24.7 Å². The number of rotatable bonds is 2. The molecular formula is C14H23NO3S. The first-order valence-corrected chi connectivity index (χ1v) is 8.90. The van der Waals surface area contributed by atoms with Crippen LogP contribution in [0.5, 0.6) is 0 Å². The quantitative estimate of drug-likeness (QED) is 0.840. The van der Waals surface area contributed by atoms with Crippen LogP contribution < -0.4 is 0 Å². The fourth-order valence-electron chi connectivity index (χ4n) is 3.71. The van der Waals surface area contributed by atoms with E-state index in [1.54, 1.807) is 0 Å². The Kier molecular flexibility index (Phi) is 3.70. The van der Waals surface area contributed by atoms with Crippen molar-refractivity contribution in [3.8, 4) is 6.07 Å². The second-order valence-corrected chi connectivity index (χ2v) is 8.85. The second kappa shape index (κ2) is 4.75. The van der Waals surface area contributed by atoms with Gasteiger partial charge < -0.3 is 5.11 Å². The fourth-order valence-corrected chi connectivity index (χ4v) is 5.74. The van der Waals surface area contributed by atoms with Crippen LogP contribution in [-0.2, 0) is 9.84 Å². The molecule has 1 N–H and O–H groups in total. The molecular weight excluding hydrogens is 262 g/mol. The van der Waals surface area contributed by atoms with Gasteiger partial charge in [-0.15, -0.1) is 0 Å². The third-order valence-electron chi connectivity index (χ3n) is 5.12. The van der Waals surface area contributed by atoms with Gasteiger partial charge in [-0.1, -0.05) is 20.3 Å². The molecule has 0 amide bonds. The van der Waals surface area contributed by atoms with Crippen molar-refractivity contribution in [2.75, 3.05) is 11.5 Å². The maximum absolute atomic E-state index is 11.7. The van der Waals surface area contributed by atoms with Gasteiger partial charge in [-0.2, -0.15) is 5.26 Å². The molecule has 1 heterocycles. The van der Waals surface area contributed by atoms with Crippen molar-refractivity contribution in [1.29, 1.82) is 5.26 Å². The summed E-state index contributed by atoms with van der Waals surface area (Å²) >= 11 is 0. The van der Waals surface area contributed by atoms with Crippen molar-refractivity contribution in [3.05, 3.63) is 0 Å². The molecule has 0 aromatic carbocycles. The summed E-state index contributed by atoms with van der Waals surface area (Å²) in [6.07, 6.45) is 3.34. The van der Waals surface area contributed by atoms with Crippen molar-refractivity contribution in [3.63, 3.8) is 0 Å². The summed E-state index contributed by atoms with van der Waals surface area (Å²) in [6.45, 7) is 4.25. The van der Waals surface area contributed by atoms with Crippen molar-refractivity contribution < 1.29 is 13.5 Å². The molecule has 0 radical (unpaired) electrons. The Labute approximate surface area is 115 Å². The minimum atomic E-state index is -3.17. The Bertz CT molecular complexity index is 493. The van der Waals surface area contributed by atoms with E-state index in [1.807, 2.05) is 0 Å². The highest BCUT2D eigenvalue weighted by atomic mass is 32.2. The fraction of sp³-hybridized carbons (Fsp3) is 0.929. The maximum atomic E-state index is 11.7. The standard InChI is InChI=1S/C14H23NO3S/c1-11(2)12-4-3-5-14(16,8-12)13(9-15)6-7-19(17,18)10-13/h11-12,16H,3-8,10H2,1-2H3. The van der Waals surface area contributed by atoms with Gasteiger partial charge in [0.05, 0.1) is 23.2 Å². The summed E-state index contributed by atoms with van der Waals surface area (Å²) in [5.74, 6) is 0.709. The Balaban J connectivity index is 2.30. The molecule has 3 atom stereocenters. The molecule has 0 bridgehead atoms. The molecule has 1 saturated heterocycles. The van der Waals surface area contributed by atoms with Crippen molar-refractivity contribution in [1.82, 2.24) is 0 Å². The lowest BCUT2D eigenvalue weighted by atomic mass is 9.61. The molecule has 1 saturated carbocycles. The van der Waals surface area contributed by atoms with Crippen molar-refractivity contribution in [2.45, 2.75) is 51.6 Å². The third kappa shape index (κ3) is 2.53. The average Bonchev–Trinajstić information content (AvgIpc) is 2.67. The minimum Gasteiger partial charge on any atom is -0.388 e. The SMILES string of the molecule is CC(C)C1CCCC(O)(C2(C#N)CCS(=O)(=O)C2)C1. The third-order valence-corrected chi connectivity index (χ3v) is 6.88. The smallest absolute Gasteiger partial charge is 0.152 e. The molecule has 2 fully saturated rings. The highest BCUT2D eigenvalue weighted by Gasteiger charge is 2.58. The Hall–Kier alpha value is -0.600. The average molecular weight is 285 g/mol. The van der Waals surface area contributed by atoms with Gasteiger partial charge in [0, 0.05) is 0 Å². The van der Waals surface area contributed by atoms with E-state index < -0.39 is 20.9 Å². The Morgan fingerprint density at radius 1 is 1.37 bits per heavy atom. The number of nitrogens with zero attached hydrogens (tertiary/aromatic N) is 1. The van der Waals surface area contributed by atoms with E-state index in [1.165, 1.54) is 0 Å². The molecule has 108 valence electrons. The molecule has 1 aliphatic carbocycles. The summed E-state index contributed by atoms with van der Waals surface area (Å²) in [4.78, 5) is 0. The van der Waals surface area contributed by atoms with Crippen LogP contribution in [0, 0.1) is 28.6 Å². The molecule has 0 aromatic rings. The van der Waals surface area contributed by atoms with Crippen LogP contribution in [0.4, 0.5) is 0 Å². The van der Waals surface area contributed by atoms with Gasteiger partial charge in [0.1, 0.15) is 5.41 Å². The first-order valence-electron chi connectivity index (χ1n) is 7.08. The molecule has 2 rings (SSSR count). The van der Waals surface area contributed by atoms with Crippen LogP contribution in [0.1, 0.15) is 46.0 Å². The van der Waals surface area contributed by atoms with Gasteiger partial charge in [-0.25, -0.2) is 8.42 Å². The highest BCUT2D eigenvalue weighted by Crippen LogP contribution is 2.50. The molecule has 4 nitrogen and oxygen atoms in total. The molecule has 1 aliphatic heterocycles. The largest absolute Gasteiger partial charge is 0.388 e.